The van der Waals surface area contributed by atoms with Crippen molar-refractivity contribution in [2.45, 2.75) is 13.0 Å². The molecule has 0 spiro atoms. The fourth-order valence-electron chi connectivity index (χ4n) is 3.23. The first-order valence-corrected chi connectivity index (χ1v) is 8.57. The molecule has 1 unspecified atom stereocenters. The number of imidazole rings is 1. The van der Waals surface area contributed by atoms with Crippen LogP contribution in [0.5, 0.6) is 0 Å². The molecule has 4 aromatic rings. The Morgan fingerprint density at radius 3 is 2.63 bits per heavy atom. The number of fused-ring (bicyclic) bond motifs is 1. The highest BCUT2D eigenvalue weighted by Gasteiger charge is 2.26. The highest BCUT2D eigenvalue weighted by Crippen LogP contribution is 2.27. The van der Waals surface area contributed by atoms with Crippen molar-refractivity contribution >= 4 is 16.9 Å². The Bertz CT molecular complexity index is 1130. The van der Waals surface area contributed by atoms with Crippen molar-refractivity contribution in [1.82, 2.24) is 14.9 Å². The summed E-state index contributed by atoms with van der Waals surface area (Å²) >= 11 is 0. The number of furan rings is 1. The lowest BCUT2D eigenvalue weighted by Gasteiger charge is -2.19. The van der Waals surface area contributed by atoms with Crippen molar-refractivity contribution in [1.29, 1.82) is 0 Å². The Morgan fingerprint density at radius 1 is 1.19 bits per heavy atom. The third-order valence-corrected chi connectivity index (χ3v) is 4.66. The van der Waals surface area contributed by atoms with E-state index in [1.54, 1.807) is 42.2 Å². The lowest BCUT2D eigenvalue weighted by Crippen LogP contribution is -2.31. The minimum Gasteiger partial charge on any atom is -0.451 e. The summed E-state index contributed by atoms with van der Waals surface area (Å²) in [5.74, 6) is -0.0824. The summed E-state index contributed by atoms with van der Waals surface area (Å²) in [5, 5.41) is 3.76. The molecule has 0 aliphatic carbocycles. The van der Waals surface area contributed by atoms with Crippen LogP contribution in [0.2, 0.25) is 0 Å². The number of amides is 1. The minimum atomic E-state index is -0.744. The molecular formula is C21H18FN3O2. The molecule has 27 heavy (non-hydrogen) atoms. The van der Waals surface area contributed by atoms with Crippen molar-refractivity contribution in [3.8, 4) is 0 Å². The number of hydrogen-bond donors (Lipinski definition) is 1. The van der Waals surface area contributed by atoms with Gasteiger partial charge in [-0.25, -0.2) is 9.37 Å². The van der Waals surface area contributed by atoms with Gasteiger partial charge in [0.25, 0.3) is 5.91 Å². The first kappa shape index (κ1) is 17.0. The molecule has 2 aromatic carbocycles. The van der Waals surface area contributed by atoms with Crippen LogP contribution < -0.4 is 5.32 Å². The summed E-state index contributed by atoms with van der Waals surface area (Å²) < 4.78 is 21.9. The third kappa shape index (κ3) is 2.99. The number of benzene rings is 2. The fourth-order valence-corrected chi connectivity index (χ4v) is 3.23. The van der Waals surface area contributed by atoms with Crippen molar-refractivity contribution in [2.75, 3.05) is 0 Å². The molecule has 0 saturated carbocycles. The summed E-state index contributed by atoms with van der Waals surface area (Å²) in [4.78, 5) is 17.3. The zero-order valence-electron chi connectivity index (χ0n) is 14.9. The van der Waals surface area contributed by atoms with Crippen LogP contribution in [0.3, 0.4) is 0 Å². The minimum absolute atomic E-state index is 0.215. The molecule has 136 valence electrons. The van der Waals surface area contributed by atoms with E-state index >= 15 is 0 Å². The first-order chi connectivity index (χ1) is 13.1. The van der Waals surface area contributed by atoms with Gasteiger partial charge in [-0.2, -0.15) is 0 Å². The van der Waals surface area contributed by atoms with Gasteiger partial charge in [0.1, 0.15) is 23.3 Å². The molecule has 2 heterocycles. The Balaban J connectivity index is 1.75. The normalized spacial score (nSPS) is 12.3. The Kier molecular flexibility index (Phi) is 4.24. The van der Waals surface area contributed by atoms with Gasteiger partial charge in [-0.05, 0) is 19.1 Å². The van der Waals surface area contributed by atoms with Crippen LogP contribution in [0.15, 0.2) is 65.3 Å². The van der Waals surface area contributed by atoms with E-state index in [1.807, 2.05) is 31.2 Å². The molecule has 1 N–H and O–H groups in total. The predicted octanol–water partition coefficient (Wildman–Crippen LogP) is 4.13. The summed E-state index contributed by atoms with van der Waals surface area (Å²) in [6, 6.07) is 13.1. The second kappa shape index (κ2) is 6.72. The van der Waals surface area contributed by atoms with Crippen molar-refractivity contribution in [3.63, 3.8) is 0 Å². The fraction of sp³-hybridized carbons (Fsp3) is 0.143. The number of aryl methyl sites for hydroxylation is 2. The van der Waals surface area contributed by atoms with Gasteiger partial charge in [-0.1, -0.05) is 36.4 Å². The van der Waals surface area contributed by atoms with Gasteiger partial charge in [-0.15, -0.1) is 0 Å². The SMILES string of the molecule is Cc1c(C(=O)NC(c2ccccc2F)c2nccn2C)oc2ccccc12. The van der Waals surface area contributed by atoms with E-state index in [2.05, 4.69) is 10.3 Å². The van der Waals surface area contributed by atoms with Crippen molar-refractivity contribution in [3.05, 3.63) is 89.5 Å². The van der Waals surface area contributed by atoms with Crippen LogP contribution >= 0.6 is 0 Å². The molecule has 6 heteroatoms. The van der Waals surface area contributed by atoms with Crippen LogP contribution in [-0.2, 0) is 7.05 Å². The number of hydrogen-bond acceptors (Lipinski definition) is 3. The molecule has 0 saturated heterocycles. The molecule has 0 radical (unpaired) electrons. The molecule has 4 rings (SSSR count). The molecule has 2 aromatic heterocycles. The Hall–Kier alpha value is -3.41. The quantitative estimate of drug-likeness (QED) is 0.593. The number of para-hydroxylation sites is 1. The zero-order valence-corrected chi connectivity index (χ0v) is 14.9. The second-order valence-electron chi connectivity index (χ2n) is 6.38. The lowest BCUT2D eigenvalue weighted by atomic mass is 10.0. The topological polar surface area (TPSA) is 60.1 Å². The standard InChI is InChI=1S/C21H18FN3O2/c1-13-14-7-4-6-10-17(14)27-19(13)21(26)24-18(20-23-11-12-25(20)2)15-8-3-5-9-16(15)22/h3-12,18H,1-2H3,(H,24,26). The smallest absolute Gasteiger partial charge is 0.288 e. The van der Waals surface area contributed by atoms with E-state index in [9.17, 15) is 9.18 Å². The van der Waals surface area contributed by atoms with Gasteiger partial charge < -0.3 is 14.3 Å². The van der Waals surface area contributed by atoms with E-state index in [-0.39, 0.29) is 5.76 Å². The molecular weight excluding hydrogens is 345 g/mol. The van der Waals surface area contributed by atoms with Gasteiger partial charge in [0.2, 0.25) is 0 Å². The lowest BCUT2D eigenvalue weighted by molar-refractivity contribution is 0.0914. The third-order valence-electron chi connectivity index (χ3n) is 4.66. The number of rotatable bonds is 4. The molecule has 5 nitrogen and oxygen atoms in total. The van der Waals surface area contributed by atoms with Gasteiger partial charge in [-0.3, -0.25) is 4.79 Å². The van der Waals surface area contributed by atoms with Crippen molar-refractivity contribution < 1.29 is 13.6 Å². The summed E-state index contributed by atoms with van der Waals surface area (Å²) in [6.07, 6.45) is 3.36. The highest BCUT2D eigenvalue weighted by atomic mass is 19.1. The maximum atomic E-state index is 14.5. The Labute approximate surface area is 155 Å². The number of nitrogens with one attached hydrogen (secondary N) is 1. The van der Waals surface area contributed by atoms with E-state index < -0.39 is 17.8 Å². The largest absolute Gasteiger partial charge is 0.451 e. The monoisotopic (exact) mass is 363 g/mol. The summed E-state index contributed by atoms with van der Waals surface area (Å²) in [7, 11) is 1.80. The van der Waals surface area contributed by atoms with E-state index in [1.165, 1.54) is 6.07 Å². The highest BCUT2D eigenvalue weighted by molar-refractivity contribution is 5.99. The van der Waals surface area contributed by atoms with Crippen LogP contribution in [-0.4, -0.2) is 15.5 Å². The number of carbonyl (C=O) groups excluding carboxylic acids is 1. The van der Waals surface area contributed by atoms with Crippen LogP contribution in [0, 0.1) is 12.7 Å². The summed E-state index contributed by atoms with van der Waals surface area (Å²) in [5.41, 5.74) is 1.73. The number of halogens is 1. The average Bonchev–Trinajstić information content (AvgIpc) is 3.24. The van der Waals surface area contributed by atoms with Gasteiger partial charge >= 0.3 is 0 Å². The predicted molar refractivity (Wildman–Crippen MR) is 99.9 cm³/mol. The van der Waals surface area contributed by atoms with Crippen LogP contribution in [0.4, 0.5) is 4.39 Å². The maximum absolute atomic E-state index is 14.5. The molecule has 1 amide bonds. The van der Waals surface area contributed by atoms with Crippen LogP contribution in [0.1, 0.15) is 33.5 Å². The molecule has 0 aliphatic rings. The van der Waals surface area contributed by atoms with Gasteiger partial charge in [0.05, 0.1) is 0 Å². The molecule has 0 fully saturated rings. The second-order valence-corrected chi connectivity index (χ2v) is 6.38. The Morgan fingerprint density at radius 2 is 1.93 bits per heavy atom. The van der Waals surface area contributed by atoms with E-state index in [0.29, 0.717) is 17.0 Å². The maximum Gasteiger partial charge on any atom is 0.288 e. The van der Waals surface area contributed by atoms with E-state index in [4.69, 9.17) is 4.42 Å². The number of aromatic nitrogens is 2. The average molecular weight is 363 g/mol. The molecule has 0 aliphatic heterocycles. The molecule has 1 atom stereocenters. The summed E-state index contributed by atoms with van der Waals surface area (Å²) in [6.45, 7) is 1.83. The first-order valence-electron chi connectivity index (χ1n) is 8.57. The van der Waals surface area contributed by atoms with E-state index in [0.717, 1.165) is 10.9 Å². The van der Waals surface area contributed by atoms with Crippen LogP contribution in [0.25, 0.3) is 11.0 Å². The van der Waals surface area contributed by atoms with Gasteiger partial charge in [0, 0.05) is 36.0 Å². The molecule has 0 bridgehead atoms. The number of nitrogens with zero attached hydrogens (tertiary/aromatic N) is 2. The van der Waals surface area contributed by atoms with Gasteiger partial charge in [0.15, 0.2) is 5.76 Å². The number of carbonyl (C=O) groups is 1. The zero-order chi connectivity index (χ0) is 19.0. The van der Waals surface area contributed by atoms with Crippen molar-refractivity contribution in [2.24, 2.45) is 7.05 Å².